The number of carbonyl (C=O) groups is 2. The van der Waals surface area contributed by atoms with Gasteiger partial charge in [-0.3, -0.25) is 9.59 Å². The van der Waals surface area contributed by atoms with Gasteiger partial charge in [-0.25, -0.2) is 4.39 Å². The number of carbonyl (C=O) groups excluding carboxylic acids is 2. The molecule has 0 aromatic heterocycles. The lowest BCUT2D eigenvalue weighted by Gasteiger charge is -2.33. The lowest BCUT2D eigenvalue weighted by atomic mass is 9.92. The van der Waals surface area contributed by atoms with Gasteiger partial charge in [0.15, 0.2) is 6.61 Å². The summed E-state index contributed by atoms with van der Waals surface area (Å²) < 4.78 is 29.1. The summed E-state index contributed by atoms with van der Waals surface area (Å²) in [6.07, 6.45) is 2.22. The van der Waals surface area contributed by atoms with E-state index in [0.717, 1.165) is 18.9 Å². The summed E-state index contributed by atoms with van der Waals surface area (Å²) in [4.78, 5) is 23.5. The van der Waals surface area contributed by atoms with Crippen LogP contribution in [-0.4, -0.2) is 50.9 Å². The molecular weight excluding hydrogens is 391 g/mol. The first-order valence-corrected chi connectivity index (χ1v) is 9.21. The summed E-state index contributed by atoms with van der Waals surface area (Å²) >= 11 is 5.57. The molecule has 1 aliphatic rings. The molecular formula is C19H24ClFN2O5. The number of methoxy groups -OCH3 is 1. The van der Waals surface area contributed by atoms with Crippen LogP contribution in [0.3, 0.4) is 0 Å². The molecule has 0 saturated heterocycles. The first-order valence-electron chi connectivity index (χ1n) is 8.84. The highest BCUT2D eigenvalue weighted by atomic mass is 35.5. The van der Waals surface area contributed by atoms with Gasteiger partial charge in [-0.2, -0.15) is 0 Å². The second-order valence-corrected chi connectivity index (χ2v) is 6.79. The van der Waals surface area contributed by atoms with Gasteiger partial charge in [0.25, 0.3) is 5.91 Å². The maximum Gasteiger partial charge on any atom is 0.257 e. The van der Waals surface area contributed by atoms with Crippen LogP contribution in [-0.2, 0) is 19.1 Å². The average molecular weight is 415 g/mol. The average Bonchev–Trinajstić information content (AvgIpc) is 2.61. The minimum absolute atomic E-state index is 0.0189. The molecule has 7 nitrogen and oxygen atoms in total. The van der Waals surface area contributed by atoms with Crippen LogP contribution in [0, 0.1) is 5.82 Å². The van der Waals surface area contributed by atoms with Crippen LogP contribution in [0.4, 0.5) is 4.39 Å². The highest BCUT2D eigenvalue weighted by Crippen LogP contribution is 2.25. The van der Waals surface area contributed by atoms with E-state index in [1.54, 1.807) is 7.11 Å². The number of hydrogen-bond acceptors (Lipinski definition) is 5. The molecule has 0 unspecified atom stereocenters. The van der Waals surface area contributed by atoms with Crippen molar-refractivity contribution in [1.29, 1.82) is 0 Å². The number of nitrogens with one attached hydrogen (secondary N) is 2. The zero-order chi connectivity index (χ0) is 20.5. The molecule has 1 fully saturated rings. The number of benzene rings is 1. The van der Waals surface area contributed by atoms with Gasteiger partial charge in [0.05, 0.1) is 17.2 Å². The molecule has 1 saturated carbocycles. The third-order valence-corrected chi connectivity index (χ3v) is 4.47. The first kappa shape index (κ1) is 22.1. The molecule has 28 heavy (non-hydrogen) atoms. The van der Waals surface area contributed by atoms with Crippen molar-refractivity contribution in [2.24, 2.45) is 0 Å². The van der Waals surface area contributed by atoms with Crippen molar-refractivity contribution < 1.29 is 28.2 Å². The molecule has 9 heteroatoms. The minimum Gasteiger partial charge on any atom is -0.484 e. The predicted octanol–water partition coefficient (Wildman–Crippen LogP) is 2.19. The van der Waals surface area contributed by atoms with Crippen molar-refractivity contribution in [2.45, 2.75) is 31.5 Å². The van der Waals surface area contributed by atoms with E-state index in [4.69, 9.17) is 25.8 Å². The van der Waals surface area contributed by atoms with Gasteiger partial charge in [0, 0.05) is 31.8 Å². The fourth-order valence-electron chi connectivity index (χ4n) is 2.45. The van der Waals surface area contributed by atoms with Crippen molar-refractivity contribution >= 4 is 23.4 Å². The van der Waals surface area contributed by atoms with E-state index in [9.17, 15) is 14.0 Å². The van der Waals surface area contributed by atoms with Gasteiger partial charge >= 0.3 is 0 Å². The third kappa shape index (κ3) is 7.46. The monoisotopic (exact) mass is 414 g/mol. The van der Waals surface area contributed by atoms with Crippen LogP contribution in [0.25, 0.3) is 0 Å². The van der Waals surface area contributed by atoms with Crippen LogP contribution in [0.1, 0.15) is 19.3 Å². The number of ether oxygens (including phenoxy) is 3. The number of rotatable bonds is 11. The Morgan fingerprint density at radius 2 is 2.00 bits per heavy atom. The lowest BCUT2D eigenvalue weighted by molar-refractivity contribution is -0.134. The molecule has 1 aliphatic carbocycles. The topological polar surface area (TPSA) is 85.9 Å². The van der Waals surface area contributed by atoms with E-state index in [1.165, 1.54) is 12.1 Å². The van der Waals surface area contributed by atoms with E-state index >= 15 is 0 Å². The molecule has 2 amide bonds. The highest BCUT2D eigenvalue weighted by Gasteiger charge is 2.30. The summed E-state index contributed by atoms with van der Waals surface area (Å²) in [5.41, 5.74) is 0.470. The van der Waals surface area contributed by atoms with E-state index in [2.05, 4.69) is 17.2 Å². The Bertz CT molecular complexity index is 710. The van der Waals surface area contributed by atoms with Gasteiger partial charge in [0.2, 0.25) is 5.91 Å². The lowest BCUT2D eigenvalue weighted by Crippen LogP contribution is -2.39. The molecule has 2 rings (SSSR count). The minimum atomic E-state index is -0.619. The van der Waals surface area contributed by atoms with E-state index in [0.29, 0.717) is 12.1 Å². The smallest absolute Gasteiger partial charge is 0.257 e. The van der Waals surface area contributed by atoms with Crippen LogP contribution in [0.15, 0.2) is 30.5 Å². The molecule has 0 spiro atoms. The normalized spacial score (nSPS) is 18.1. The Morgan fingerprint density at radius 1 is 1.25 bits per heavy atom. The Morgan fingerprint density at radius 3 is 2.68 bits per heavy atom. The quantitative estimate of drug-likeness (QED) is 0.579. The zero-order valence-corrected chi connectivity index (χ0v) is 16.4. The summed E-state index contributed by atoms with van der Waals surface area (Å²) in [7, 11) is 1.65. The fourth-order valence-corrected chi connectivity index (χ4v) is 2.57. The van der Waals surface area contributed by atoms with Crippen molar-refractivity contribution in [2.75, 3.05) is 26.9 Å². The number of hydrogen-bond donors (Lipinski definition) is 2. The molecule has 0 bridgehead atoms. The SMILES string of the molecule is C=C(CCNC(=O)COc1ccc(Cl)c(F)c1)NC(=O)CO[C@H]1C[C@H](OC)C1. The standard InChI is InChI=1S/C19H24ClFN2O5/c1-12(23-19(25)11-28-15-7-14(8-15)26-2)5-6-22-18(24)10-27-13-3-4-16(20)17(21)9-13/h3-4,9,14-15H,1,5-8,10-11H2,2H3,(H,22,24)(H,23,25)/t14-,15-. The summed E-state index contributed by atoms with van der Waals surface area (Å²) in [5, 5.41) is 5.23. The molecule has 154 valence electrons. The van der Waals surface area contributed by atoms with Gasteiger partial charge in [0.1, 0.15) is 18.2 Å². The predicted molar refractivity (Wildman–Crippen MR) is 102 cm³/mol. The Balaban J connectivity index is 1.54. The molecule has 0 aliphatic heterocycles. The Kier molecular flexibility index (Phi) is 8.69. The second-order valence-electron chi connectivity index (χ2n) is 6.38. The van der Waals surface area contributed by atoms with Gasteiger partial charge in [-0.05, 0) is 25.0 Å². The largest absolute Gasteiger partial charge is 0.484 e. The third-order valence-electron chi connectivity index (χ3n) is 4.16. The van der Waals surface area contributed by atoms with E-state index in [-0.39, 0.29) is 54.6 Å². The fraction of sp³-hybridized carbons (Fsp3) is 0.474. The molecule has 2 N–H and O–H groups in total. The first-order chi connectivity index (χ1) is 13.4. The van der Waals surface area contributed by atoms with Crippen molar-refractivity contribution in [3.05, 3.63) is 41.3 Å². The molecule has 0 atom stereocenters. The van der Waals surface area contributed by atoms with Crippen LogP contribution in [0.5, 0.6) is 5.75 Å². The number of halogens is 2. The van der Waals surface area contributed by atoms with Crippen molar-refractivity contribution in [3.63, 3.8) is 0 Å². The zero-order valence-electron chi connectivity index (χ0n) is 15.6. The van der Waals surface area contributed by atoms with Crippen LogP contribution < -0.4 is 15.4 Å². The molecule has 0 heterocycles. The van der Waals surface area contributed by atoms with Crippen molar-refractivity contribution in [3.8, 4) is 5.75 Å². The second kappa shape index (κ2) is 11.0. The molecule has 1 aromatic rings. The van der Waals surface area contributed by atoms with E-state index in [1.807, 2.05) is 0 Å². The number of amides is 2. The van der Waals surface area contributed by atoms with Crippen LogP contribution in [0.2, 0.25) is 5.02 Å². The van der Waals surface area contributed by atoms with Gasteiger partial charge in [-0.1, -0.05) is 18.2 Å². The Labute approximate surface area is 168 Å². The highest BCUT2D eigenvalue weighted by molar-refractivity contribution is 6.30. The maximum absolute atomic E-state index is 13.3. The van der Waals surface area contributed by atoms with Gasteiger partial charge < -0.3 is 24.8 Å². The van der Waals surface area contributed by atoms with Crippen molar-refractivity contribution in [1.82, 2.24) is 10.6 Å². The Hall–Kier alpha value is -2.16. The molecule has 1 aromatic carbocycles. The summed E-state index contributed by atoms with van der Waals surface area (Å²) in [5.74, 6) is -1.08. The van der Waals surface area contributed by atoms with Crippen LogP contribution >= 0.6 is 11.6 Å². The summed E-state index contributed by atoms with van der Waals surface area (Å²) in [6.45, 7) is 3.71. The molecule has 0 radical (unpaired) electrons. The van der Waals surface area contributed by atoms with E-state index < -0.39 is 5.82 Å². The summed E-state index contributed by atoms with van der Waals surface area (Å²) in [6, 6.07) is 3.92. The van der Waals surface area contributed by atoms with Gasteiger partial charge in [-0.15, -0.1) is 0 Å². The maximum atomic E-state index is 13.3.